The Morgan fingerprint density at radius 1 is 0.317 bits per heavy atom. The molecule has 11 aromatic rings. The first-order valence-corrected chi connectivity index (χ1v) is 21.4. The molecular formula is C58H37N5. The lowest BCUT2D eigenvalue weighted by Gasteiger charge is -2.32. The van der Waals surface area contributed by atoms with Gasteiger partial charge in [0.25, 0.3) is 0 Å². The molecule has 0 atom stereocenters. The first-order chi connectivity index (χ1) is 31.3. The minimum absolute atomic E-state index is 0.460. The van der Waals surface area contributed by atoms with Crippen molar-refractivity contribution in [1.82, 2.24) is 15.0 Å². The van der Waals surface area contributed by atoms with Crippen LogP contribution in [0.25, 0.3) is 54.6 Å². The Hall–Kier alpha value is -8.41. The van der Waals surface area contributed by atoms with Gasteiger partial charge < -0.3 is 4.90 Å². The standard InChI is InChI=1S/C58H37N5/c1-3-18-38(19-4-1)62(53-33-17-32-52-56(53)46-28-13-16-31-51(46)58(52)49-29-14-11-24-42(49)43-25-12-15-30-50(43)58)54-34-47-41-23-8-10-27-45(41)55(35-48(47)40-22-7-9-26-44(40)54)63(39-20-5-2-6-21-39)57-60-36-59-37-61-57/h1-37H. The van der Waals surface area contributed by atoms with Crippen LogP contribution in [0.4, 0.5) is 34.4 Å². The van der Waals surface area contributed by atoms with Crippen molar-refractivity contribution < 1.29 is 0 Å². The number of anilines is 6. The summed E-state index contributed by atoms with van der Waals surface area (Å²) in [6, 6.07) is 77.6. The second-order valence-electron chi connectivity index (χ2n) is 16.3. The Kier molecular flexibility index (Phi) is 7.75. The summed E-state index contributed by atoms with van der Waals surface area (Å²) < 4.78 is 0. The highest BCUT2D eigenvalue weighted by atomic mass is 15.3. The summed E-state index contributed by atoms with van der Waals surface area (Å²) in [5.41, 5.74) is 15.2. The van der Waals surface area contributed by atoms with Crippen molar-refractivity contribution in [3.63, 3.8) is 0 Å². The van der Waals surface area contributed by atoms with Gasteiger partial charge >= 0.3 is 0 Å². The molecule has 0 N–H and O–H groups in total. The van der Waals surface area contributed by atoms with Crippen LogP contribution < -0.4 is 9.80 Å². The maximum Gasteiger partial charge on any atom is 0.237 e. The number of nitrogens with zero attached hydrogens (tertiary/aromatic N) is 5. The lowest BCUT2D eigenvalue weighted by Crippen LogP contribution is -2.26. The van der Waals surface area contributed by atoms with Crippen LogP contribution >= 0.6 is 0 Å². The van der Waals surface area contributed by atoms with Gasteiger partial charge in [0.1, 0.15) is 12.7 Å². The molecule has 2 aliphatic rings. The summed E-state index contributed by atoms with van der Waals surface area (Å²) in [5, 5.41) is 6.85. The fourth-order valence-electron chi connectivity index (χ4n) is 10.9. The molecule has 0 saturated carbocycles. The van der Waals surface area contributed by atoms with Gasteiger partial charge in [0.15, 0.2) is 0 Å². The summed E-state index contributed by atoms with van der Waals surface area (Å²) in [6.07, 6.45) is 3.12. The number of hydrogen-bond donors (Lipinski definition) is 0. The molecule has 1 spiro atoms. The first-order valence-electron chi connectivity index (χ1n) is 21.4. The monoisotopic (exact) mass is 803 g/mol. The molecule has 10 aromatic carbocycles. The molecule has 2 aliphatic carbocycles. The number of para-hydroxylation sites is 2. The average Bonchev–Trinajstić information content (AvgIpc) is 3.83. The van der Waals surface area contributed by atoms with E-state index >= 15 is 0 Å². The number of rotatable bonds is 6. The van der Waals surface area contributed by atoms with Crippen LogP contribution in [-0.2, 0) is 5.41 Å². The smallest absolute Gasteiger partial charge is 0.237 e. The van der Waals surface area contributed by atoms with Crippen molar-refractivity contribution in [2.24, 2.45) is 0 Å². The molecule has 0 fully saturated rings. The molecule has 1 aromatic heterocycles. The van der Waals surface area contributed by atoms with Crippen LogP contribution in [0.2, 0.25) is 0 Å². The summed E-state index contributed by atoms with van der Waals surface area (Å²) in [7, 11) is 0. The van der Waals surface area contributed by atoms with Crippen LogP contribution in [-0.4, -0.2) is 15.0 Å². The third-order valence-electron chi connectivity index (χ3n) is 13.3. The minimum atomic E-state index is -0.460. The highest BCUT2D eigenvalue weighted by Crippen LogP contribution is 2.65. The Balaban J connectivity index is 1.12. The Morgan fingerprint density at radius 2 is 0.746 bits per heavy atom. The van der Waals surface area contributed by atoms with E-state index in [1.807, 2.05) is 6.07 Å². The SMILES string of the molecule is c1ccc(N(c2ncncn2)c2cc3c4ccccc4c(N(c4ccccc4)c4cccc5c4-c4ccccc4C54c5ccccc5-c5ccccc54)cc3c3ccccc23)cc1. The van der Waals surface area contributed by atoms with Crippen molar-refractivity contribution in [3.8, 4) is 22.3 Å². The molecule has 63 heavy (non-hydrogen) atoms. The van der Waals surface area contributed by atoms with Crippen molar-refractivity contribution >= 4 is 66.7 Å². The van der Waals surface area contributed by atoms with Gasteiger partial charge in [0.05, 0.1) is 22.5 Å². The van der Waals surface area contributed by atoms with Crippen LogP contribution in [0.15, 0.2) is 225 Å². The molecular weight excluding hydrogens is 767 g/mol. The van der Waals surface area contributed by atoms with E-state index in [2.05, 4.69) is 231 Å². The molecule has 0 aliphatic heterocycles. The maximum atomic E-state index is 4.68. The van der Waals surface area contributed by atoms with Crippen molar-refractivity contribution in [2.75, 3.05) is 9.80 Å². The predicted molar refractivity (Wildman–Crippen MR) is 258 cm³/mol. The summed E-state index contributed by atoms with van der Waals surface area (Å²) in [6.45, 7) is 0. The predicted octanol–water partition coefficient (Wildman–Crippen LogP) is 14.6. The summed E-state index contributed by atoms with van der Waals surface area (Å²) in [4.78, 5) is 18.2. The molecule has 1 heterocycles. The van der Waals surface area contributed by atoms with Gasteiger partial charge in [-0.25, -0.2) is 15.0 Å². The van der Waals surface area contributed by atoms with E-state index in [1.165, 1.54) is 44.5 Å². The third kappa shape index (κ3) is 5.02. The fourth-order valence-corrected chi connectivity index (χ4v) is 10.9. The van der Waals surface area contributed by atoms with Gasteiger partial charge in [-0.1, -0.05) is 170 Å². The van der Waals surface area contributed by atoms with Crippen LogP contribution in [0.1, 0.15) is 22.3 Å². The Bertz CT molecular complexity index is 3500. The summed E-state index contributed by atoms with van der Waals surface area (Å²) >= 11 is 0. The second kappa shape index (κ2) is 13.8. The van der Waals surface area contributed by atoms with E-state index in [0.29, 0.717) is 5.95 Å². The largest absolute Gasteiger partial charge is 0.309 e. The summed E-state index contributed by atoms with van der Waals surface area (Å²) in [5.74, 6) is 0.556. The molecule has 0 amide bonds. The second-order valence-corrected chi connectivity index (χ2v) is 16.3. The Labute approximate surface area is 364 Å². The van der Waals surface area contributed by atoms with E-state index in [1.54, 1.807) is 12.7 Å². The quantitative estimate of drug-likeness (QED) is 0.157. The lowest BCUT2D eigenvalue weighted by atomic mass is 9.70. The molecule has 0 saturated heterocycles. The van der Waals surface area contributed by atoms with E-state index in [0.717, 1.165) is 60.8 Å². The van der Waals surface area contributed by atoms with Gasteiger partial charge in [-0.15, -0.1) is 0 Å². The molecule has 0 bridgehead atoms. The zero-order valence-corrected chi connectivity index (χ0v) is 34.1. The molecule has 0 radical (unpaired) electrons. The van der Waals surface area contributed by atoms with Crippen molar-refractivity contribution in [1.29, 1.82) is 0 Å². The maximum absolute atomic E-state index is 4.68. The van der Waals surface area contributed by atoms with Gasteiger partial charge in [-0.2, -0.15) is 0 Å². The molecule has 294 valence electrons. The van der Waals surface area contributed by atoms with Gasteiger partial charge in [-0.3, -0.25) is 4.90 Å². The van der Waals surface area contributed by atoms with Crippen molar-refractivity contribution in [3.05, 3.63) is 247 Å². The van der Waals surface area contributed by atoms with Crippen LogP contribution in [0.3, 0.4) is 0 Å². The minimum Gasteiger partial charge on any atom is -0.309 e. The van der Waals surface area contributed by atoms with Gasteiger partial charge in [-0.05, 0) is 103 Å². The van der Waals surface area contributed by atoms with Crippen LogP contribution in [0.5, 0.6) is 0 Å². The number of benzene rings is 10. The van der Waals surface area contributed by atoms with Crippen molar-refractivity contribution in [2.45, 2.75) is 5.41 Å². The number of hydrogen-bond acceptors (Lipinski definition) is 5. The lowest BCUT2D eigenvalue weighted by molar-refractivity contribution is 0.794. The third-order valence-corrected chi connectivity index (χ3v) is 13.3. The molecule has 5 nitrogen and oxygen atoms in total. The highest BCUT2D eigenvalue weighted by molar-refractivity contribution is 6.24. The molecule has 0 unspecified atom stereocenters. The average molecular weight is 804 g/mol. The number of fused-ring (bicyclic) bond motifs is 15. The van der Waals surface area contributed by atoms with E-state index in [-0.39, 0.29) is 0 Å². The van der Waals surface area contributed by atoms with Gasteiger partial charge in [0.2, 0.25) is 5.95 Å². The van der Waals surface area contributed by atoms with E-state index in [4.69, 9.17) is 0 Å². The normalized spacial score (nSPS) is 12.9. The molecule has 13 rings (SSSR count). The molecule has 5 heteroatoms. The highest BCUT2D eigenvalue weighted by Gasteiger charge is 2.52. The zero-order chi connectivity index (χ0) is 41.5. The van der Waals surface area contributed by atoms with Crippen LogP contribution in [0, 0.1) is 0 Å². The van der Waals surface area contributed by atoms with E-state index < -0.39 is 5.41 Å². The number of aromatic nitrogens is 3. The Morgan fingerprint density at radius 3 is 1.32 bits per heavy atom. The fraction of sp³-hybridized carbons (Fsp3) is 0.0172. The zero-order valence-electron chi connectivity index (χ0n) is 34.1. The van der Waals surface area contributed by atoms with E-state index in [9.17, 15) is 0 Å². The first kappa shape index (κ1) is 35.4. The van der Waals surface area contributed by atoms with Gasteiger partial charge in [0, 0.05) is 27.7 Å². The topological polar surface area (TPSA) is 45.2 Å².